The van der Waals surface area contributed by atoms with E-state index in [1.54, 1.807) is 0 Å². The monoisotopic (exact) mass is 526 g/mol. The summed E-state index contributed by atoms with van der Waals surface area (Å²) in [6.45, 7) is -0.705. The Balaban J connectivity index is 6.38. The van der Waals surface area contributed by atoms with Crippen molar-refractivity contribution in [1.82, 2.24) is 0 Å². The highest BCUT2D eigenvalue weighted by Gasteiger charge is 2.61. The molecule has 0 aromatic rings. The predicted octanol–water partition coefficient (Wildman–Crippen LogP) is 6.78. The molecule has 0 spiro atoms. The second-order valence-electron chi connectivity index (χ2n) is 6.58. The second-order valence-corrected chi connectivity index (χ2v) is 9.58. The van der Waals surface area contributed by atoms with Crippen LogP contribution in [0.25, 0.3) is 0 Å². The maximum Gasteiger partial charge on any atom is 0.510 e. The summed E-state index contributed by atoms with van der Waals surface area (Å²) in [6, 6.07) is -2.30. The Morgan fingerprint density at radius 2 is 1.10 bits per heavy atom. The minimum atomic E-state index is -5.65. The summed E-state index contributed by atoms with van der Waals surface area (Å²) in [4.78, 5) is 0. The van der Waals surface area contributed by atoms with Crippen molar-refractivity contribution in [2.45, 2.75) is 68.5 Å². The summed E-state index contributed by atoms with van der Waals surface area (Å²) < 4.78 is 169. The lowest BCUT2D eigenvalue weighted by molar-refractivity contribution is -0.250. The zero-order valence-electron chi connectivity index (χ0n) is 15.8. The molecule has 0 fully saturated rings. The molecule has 0 aliphatic rings. The standard InChI is InChI=1S/C14H19ClF12O3Si/c1-28-31(9-14(25,26)27,29-5-3-2-4-15)30-10(6-11(16,17)18,7-12(19,20)21)8-13(22,23)24/h2-9H2,1H3. The number of unbranched alkanes of at least 4 members (excludes halogenated alkanes) is 1. The molecule has 17 heteroatoms. The van der Waals surface area contributed by atoms with Crippen LogP contribution in [-0.2, 0) is 13.3 Å². The van der Waals surface area contributed by atoms with Crippen LogP contribution in [0.5, 0.6) is 0 Å². The van der Waals surface area contributed by atoms with Gasteiger partial charge in [0, 0.05) is 19.6 Å². The summed E-state index contributed by atoms with van der Waals surface area (Å²) in [5.74, 6) is -0.00875. The third-order valence-electron chi connectivity index (χ3n) is 3.52. The Labute approximate surface area is 175 Å². The SMILES string of the molecule is CO[Si](CC(F)(F)F)(OCCCCCl)OC(CC(F)(F)F)(CC(F)(F)F)CC(F)(F)F. The van der Waals surface area contributed by atoms with E-state index in [9.17, 15) is 52.7 Å². The van der Waals surface area contributed by atoms with Crippen LogP contribution >= 0.6 is 11.6 Å². The summed E-state index contributed by atoms with van der Waals surface area (Å²) in [5, 5.41) is 0. The molecular formula is C14H19ClF12O3Si. The van der Waals surface area contributed by atoms with Crippen LogP contribution in [0, 0.1) is 0 Å². The molecule has 0 aliphatic carbocycles. The Morgan fingerprint density at radius 3 is 1.39 bits per heavy atom. The first-order valence-electron chi connectivity index (χ1n) is 8.38. The third-order valence-corrected chi connectivity index (χ3v) is 6.63. The van der Waals surface area contributed by atoms with Gasteiger partial charge in [0.25, 0.3) is 0 Å². The van der Waals surface area contributed by atoms with Gasteiger partial charge in [0.2, 0.25) is 0 Å². The van der Waals surface area contributed by atoms with Gasteiger partial charge in [-0.05, 0) is 12.8 Å². The first kappa shape index (κ1) is 30.5. The molecule has 0 heterocycles. The van der Waals surface area contributed by atoms with Gasteiger partial charge in [-0.2, -0.15) is 52.7 Å². The summed E-state index contributed by atoms with van der Waals surface area (Å²) in [6.07, 6.45) is -30.7. The van der Waals surface area contributed by atoms with Crippen molar-refractivity contribution in [3.8, 4) is 0 Å². The Morgan fingerprint density at radius 1 is 0.677 bits per heavy atom. The lowest BCUT2D eigenvalue weighted by Gasteiger charge is -2.42. The summed E-state index contributed by atoms with van der Waals surface area (Å²) in [5.41, 5.74) is -4.19. The van der Waals surface area contributed by atoms with E-state index in [-0.39, 0.29) is 18.7 Å². The van der Waals surface area contributed by atoms with Crippen molar-refractivity contribution >= 4 is 20.4 Å². The molecule has 0 rings (SSSR count). The molecule has 0 bridgehead atoms. The lowest BCUT2D eigenvalue weighted by Crippen LogP contribution is -2.58. The van der Waals surface area contributed by atoms with Gasteiger partial charge in [0.05, 0.1) is 24.9 Å². The molecule has 1 unspecified atom stereocenters. The molecule has 188 valence electrons. The smallest absolute Gasteiger partial charge is 0.377 e. The van der Waals surface area contributed by atoms with Crippen LogP contribution in [0.4, 0.5) is 52.7 Å². The van der Waals surface area contributed by atoms with Crippen molar-refractivity contribution in [2.75, 3.05) is 19.6 Å². The van der Waals surface area contributed by atoms with Gasteiger partial charge < -0.3 is 13.3 Å². The van der Waals surface area contributed by atoms with Crippen LogP contribution in [0.2, 0.25) is 6.04 Å². The topological polar surface area (TPSA) is 27.7 Å². The molecule has 0 amide bonds. The van der Waals surface area contributed by atoms with E-state index in [4.69, 9.17) is 16.0 Å². The lowest BCUT2D eigenvalue weighted by atomic mass is 9.90. The van der Waals surface area contributed by atoms with Gasteiger partial charge in [0.1, 0.15) is 6.04 Å². The molecule has 0 saturated carbocycles. The molecule has 0 radical (unpaired) electrons. The highest BCUT2D eigenvalue weighted by atomic mass is 35.5. The Hall–Kier alpha value is -0.453. The number of hydrogen-bond acceptors (Lipinski definition) is 3. The van der Waals surface area contributed by atoms with E-state index in [0.29, 0.717) is 7.11 Å². The van der Waals surface area contributed by atoms with Gasteiger partial charge in [-0.1, -0.05) is 0 Å². The average Bonchev–Trinajstić information content (AvgIpc) is 2.44. The number of alkyl halides is 13. The van der Waals surface area contributed by atoms with Gasteiger partial charge >= 0.3 is 33.5 Å². The maximum absolute atomic E-state index is 13.0. The normalized spacial score (nSPS) is 16.5. The summed E-state index contributed by atoms with van der Waals surface area (Å²) >= 11 is 5.35. The minimum absolute atomic E-state index is 0.00875. The average molecular weight is 527 g/mol. The van der Waals surface area contributed by atoms with Crippen LogP contribution in [0.15, 0.2) is 0 Å². The zero-order valence-corrected chi connectivity index (χ0v) is 17.6. The van der Waals surface area contributed by atoms with Crippen molar-refractivity contribution in [3.63, 3.8) is 0 Å². The van der Waals surface area contributed by atoms with Crippen LogP contribution < -0.4 is 0 Å². The zero-order chi connectivity index (χ0) is 24.8. The molecule has 0 aliphatic heterocycles. The van der Waals surface area contributed by atoms with Gasteiger partial charge in [-0.3, -0.25) is 0 Å². The Bertz CT molecular complexity index is 494. The number of hydrogen-bond donors (Lipinski definition) is 0. The number of rotatable bonds is 12. The fraction of sp³-hybridized carbons (Fsp3) is 1.00. The second kappa shape index (κ2) is 11.1. The fourth-order valence-corrected chi connectivity index (χ4v) is 5.27. The molecular weight excluding hydrogens is 508 g/mol. The van der Waals surface area contributed by atoms with E-state index in [1.807, 2.05) is 0 Å². The highest BCUT2D eigenvalue weighted by Crippen LogP contribution is 2.47. The molecule has 0 aromatic carbocycles. The quantitative estimate of drug-likeness (QED) is 0.121. The molecule has 0 N–H and O–H groups in total. The van der Waals surface area contributed by atoms with E-state index >= 15 is 0 Å². The van der Waals surface area contributed by atoms with Crippen LogP contribution in [-0.4, -0.2) is 58.7 Å². The van der Waals surface area contributed by atoms with E-state index in [2.05, 4.69) is 8.85 Å². The molecule has 3 nitrogen and oxygen atoms in total. The first-order chi connectivity index (χ1) is 13.7. The highest BCUT2D eigenvalue weighted by molar-refractivity contribution is 6.61. The van der Waals surface area contributed by atoms with Crippen LogP contribution in [0.1, 0.15) is 32.1 Å². The van der Waals surface area contributed by atoms with Gasteiger partial charge in [-0.15, -0.1) is 11.6 Å². The molecule has 31 heavy (non-hydrogen) atoms. The van der Waals surface area contributed by atoms with Crippen molar-refractivity contribution < 1.29 is 66.0 Å². The predicted molar refractivity (Wildman–Crippen MR) is 85.4 cm³/mol. The van der Waals surface area contributed by atoms with Crippen molar-refractivity contribution in [1.29, 1.82) is 0 Å². The summed E-state index contributed by atoms with van der Waals surface area (Å²) in [7, 11) is -5.11. The molecule has 0 aromatic heterocycles. The Kier molecular flexibility index (Phi) is 11.0. The minimum Gasteiger partial charge on any atom is -0.377 e. The molecule has 0 saturated heterocycles. The van der Waals surface area contributed by atoms with E-state index < -0.39 is 71.0 Å². The van der Waals surface area contributed by atoms with Crippen molar-refractivity contribution in [2.24, 2.45) is 0 Å². The molecule has 1 atom stereocenters. The third kappa shape index (κ3) is 14.3. The van der Waals surface area contributed by atoms with Gasteiger partial charge in [-0.25, -0.2) is 0 Å². The maximum atomic E-state index is 13.0. The van der Waals surface area contributed by atoms with Gasteiger partial charge in [0.15, 0.2) is 0 Å². The van der Waals surface area contributed by atoms with Crippen molar-refractivity contribution in [3.05, 3.63) is 0 Å². The van der Waals surface area contributed by atoms with E-state index in [1.165, 1.54) is 0 Å². The van der Waals surface area contributed by atoms with E-state index in [0.717, 1.165) is 0 Å². The first-order valence-corrected chi connectivity index (χ1v) is 10.8. The number of halogens is 13. The van der Waals surface area contributed by atoms with Crippen LogP contribution in [0.3, 0.4) is 0 Å². The largest absolute Gasteiger partial charge is 0.510 e. The fourth-order valence-electron chi connectivity index (χ4n) is 2.68.